The Hall–Kier alpha value is -2.44. The summed E-state index contributed by atoms with van der Waals surface area (Å²) in [5, 5.41) is 10.0. The Kier molecular flexibility index (Phi) is 5.98. The van der Waals surface area contributed by atoms with Gasteiger partial charge in [-0.1, -0.05) is 36.4 Å². The number of esters is 1. The molecule has 0 bridgehead atoms. The highest BCUT2D eigenvalue weighted by molar-refractivity contribution is 5.74. The maximum atomic E-state index is 11.9. The van der Waals surface area contributed by atoms with E-state index in [1.54, 1.807) is 6.20 Å². The summed E-state index contributed by atoms with van der Waals surface area (Å²) in [5.74, 6) is 0.259. The monoisotopic (exact) mass is 342 g/mol. The number of hydrogen-bond donors (Lipinski definition) is 1. The van der Waals surface area contributed by atoms with Gasteiger partial charge in [0.15, 0.2) is 6.10 Å². The van der Waals surface area contributed by atoms with Crippen molar-refractivity contribution in [3.8, 4) is 0 Å². The lowest BCUT2D eigenvalue weighted by atomic mass is 10.1. The van der Waals surface area contributed by atoms with E-state index >= 15 is 0 Å². The van der Waals surface area contributed by atoms with Crippen LogP contribution >= 0.6 is 0 Å². The Morgan fingerprint density at radius 3 is 2.60 bits per heavy atom. The first-order valence-electron chi connectivity index (χ1n) is 8.38. The van der Waals surface area contributed by atoms with Gasteiger partial charge in [0, 0.05) is 25.7 Å². The van der Waals surface area contributed by atoms with Crippen molar-refractivity contribution in [2.75, 3.05) is 31.2 Å². The summed E-state index contributed by atoms with van der Waals surface area (Å²) < 4.78 is 10.5. The van der Waals surface area contributed by atoms with Crippen molar-refractivity contribution in [3.05, 3.63) is 59.8 Å². The highest BCUT2D eigenvalue weighted by Crippen LogP contribution is 2.14. The van der Waals surface area contributed by atoms with Gasteiger partial charge in [0.05, 0.1) is 13.2 Å². The van der Waals surface area contributed by atoms with Crippen LogP contribution in [0.3, 0.4) is 0 Å². The number of aromatic nitrogens is 1. The minimum Gasteiger partial charge on any atom is -0.459 e. The van der Waals surface area contributed by atoms with Gasteiger partial charge in [0.1, 0.15) is 12.4 Å². The van der Waals surface area contributed by atoms with Crippen molar-refractivity contribution in [2.24, 2.45) is 0 Å². The quantitative estimate of drug-likeness (QED) is 0.804. The van der Waals surface area contributed by atoms with Crippen LogP contribution in [0.15, 0.2) is 48.7 Å². The fourth-order valence-electron chi connectivity index (χ4n) is 2.65. The van der Waals surface area contributed by atoms with Crippen LogP contribution in [-0.2, 0) is 27.3 Å². The third kappa shape index (κ3) is 5.01. The average Bonchev–Trinajstić information content (AvgIpc) is 2.68. The van der Waals surface area contributed by atoms with Gasteiger partial charge >= 0.3 is 5.97 Å². The molecule has 0 radical (unpaired) electrons. The van der Waals surface area contributed by atoms with Crippen LogP contribution in [0.4, 0.5) is 5.82 Å². The highest BCUT2D eigenvalue weighted by atomic mass is 16.5. The number of pyridine rings is 1. The summed E-state index contributed by atoms with van der Waals surface area (Å²) in [6.45, 7) is 3.21. The third-order valence-electron chi connectivity index (χ3n) is 4.07. The molecule has 0 unspecified atom stereocenters. The normalized spacial score (nSPS) is 15.6. The number of rotatable bonds is 6. The first-order valence-corrected chi connectivity index (χ1v) is 8.38. The number of benzene rings is 1. The van der Waals surface area contributed by atoms with Crippen LogP contribution in [0.1, 0.15) is 11.1 Å². The molecule has 1 fully saturated rings. The molecule has 0 saturated carbocycles. The maximum Gasteiger partial charge on any atom is 0.335 e. The molecule has 1 aromatic carbocycles. The van der Waals surface area contributed by atoms with Crippen LogP contribution < -0.4 is 4.90 Å². The summed E-state index contributed by atoms with van der Waals surface area (Å²) >= 11 is 0. The summed E-state index contributed by atoms with van der Waals surface area (Å²) in [6, 6.07) is 13.2. The first-order chi connectivity index (χ1) is 12.2. The van der Waals surface area contributed by atoms with E-state index in [9.17, 15) is 9.90 Å². The Balaban J connectivity index is 1.49. The zero-order valence-electron chi connectivity index (χ0n) is 14.0. The van der Waals surface area contributed by atoms with E-state index in [2.05, 4.69) is 9.88 Å². The second kappa shape index (κ2) is 8.60. The van der Waals surface area contributed by atoms with Gasteiger partial charge in [-0.25, -0.2) is 9.78 Å². The van der Waals surface area contributed by atoms with E-state index in [-0.39, 0.29) is 13.0 Å². The largest absolute Gasteiger partial charge is 0.459 e. The van der Waals surface area contributed by atoms with Gasteiger partial charge < -0.3 is 19.5 Å². The standard InChI is InChI=1S/C19H22N2O4/c22-17(19(23)25-14-15-4-2-1-3-5-15)12-16-6-7-18(20-13-16)21-8-10-24-11-9-21/h1-7,13,17,22H,8-12,14H2/t17-/m1/s1. The number of aliphatic hydroxyl groups is 1. The molecule has 1 aliphatic rings. The molecule has 1 aromatic heterocycles. The van der Waals surface area contributed by atoms with E-state index in [0.29, 0.717) is 13.2 Å². The molecule has 132 valence electrons. The molecule has 0 amide bonds. The fourth-order valence-corrected chi connectivity index (χ4v) is 2.65. The lowest BCUT2D eigenvalue weighted by Crippen LogP contribution is -2.36. The van der Waals surface area contributed by atoms with E-state index in [4.69, 9.17) is 9.47 Å². The number of ether oxygens (including phenoxy) is 2. The molecule has 0 aliphatic carbocycles. The number of morpholine rings is 1. The first kappa shape index (κ1) is 17.4. The molecule has 3 rings (SSSR count). The van der Waals surface area contributed by atoms with Crippen LogP contribution in [0.5, 0.6) is 0 Å². The number of anilines is 1. The van der Waals surface area contributed by atoms with E-state index in [1.807, 2.05) is 42.5 Å². The zero-order valence-corrected chi connectivity index (χ0v) is 14.0. The lowest BCUT2D eigenvalue weighted by molar-refractivity contribution is -0.154. The van der Waals surface area contributed by atoms with Crippen LogP contribution in [-0.4, -0.2) is 48.5 Å². The predicted molar refractivity (Wildman–Crippen MR) is 93.2 cm³/mol. The van der Waals surface area contributed by atoms with Gasteiger partial charge in [-0.2, -0.15) is 0 Å². The highest BCUT2D eigenvalue weighted by Gasteiger charge is 2.18. The van der Waals surface area contributed by atoms with Gasteiger partial charge in [-0.15, -0.1) is 0 Å². The van der Waals surface area contributed by atoms with Crippen LogP contribution in [0.2, 0.25) is 0 Å². The Morgan fingerprint density at radius 1 is 1.16 bits per heavy atom. The smallest absolute Gasteiger partial charge is 0.335 e. The van der Waals surface area contributed by atoms with E-state index < -0.39 is 12.1 Å². The molecule has 2 heterocycles. The summed E-state index contributed by atoms with van der Waals surface area (Å²) in [7, 11) is 0. The van der Waals surface area contributed by atoms with Crippen molar-refractivity contribution < 1.29 is 19.4 Å². The summed E-state index contributed by atoms with van der Waals surface area (Å²) in [5.41, 5.74) is 1.68. The Morgan fingerprint density at radius 2 is 1.92 bits per heavy atom. The van der Waals surface area contributed by atoms with Gasteiger partial charge in [-0.3, -0.25) is 0 Å². The van der Waals surface area contributed by atoms with Gasteiger partial charge in [0.2, 0.25) is 0 Å². The molecule has 0 spiro atoms. The van der Waals surface area contributed by atoms with Crippen molar-refractivity contribution in [3.63, 3.8) is 0 Å². The molecular weight excluding hydrogens is 320 g/mol. The topological polar surface area (TPSA) is 71.9 Å². The Labute approximate surface area is 147 Å². The van der Waals surface area contributed by atoms with E-state index in [1.165, 1.54) is 0 Å². The maximum absolute atomic E-state index is 11.9. The third-order valence-corrected chi connectivity index (χ3v) is 4.07. The number of aliphatic hydroxyl groups excluding tert-OH is 1. The SMILES string of the molecule is O=C(OCc1ccccc1)[C@H](O)Cc1ccc(N2CCOCC2)nc1. The minimum atomic E-state index is -1.19. The molecule has 6 nitrogen and oxygen atoms in total. The van der Waals surface area contributed by atoms with Crippen molar-refractivity contribution in [1.29, 1.82) is 0 Å². The van der Waals surface area contributed by atoms with Crippen LogP contribution in [0.25, 0.3) is 0 Å². The molecule has 6 heteroatoms. The second-order valence-electron chi connectivity index (χ2n) is 5.94. The molecular formula is C19H22N2O4. The van der Waals surface area contributed by atoms with Gasteiger partial charge in [-0.05, 0) is 17.2 Å². The second-order valence-corrected chi connectivity index (χ2v) is 5.94. The number of carbonyl (C=O) groups is 1. The molecule has 1 aliphatic heterocycles. The van der Waals surface area contributed by atoms with Crippen LogP contribution in [0, 0.1) is 0 Å². The fraction of sp³-hybridized carbons (Fsp3) is 0.368. The number of hydrogen-bond acceptors (Lipinski definition) is 6. The molecule has 1 atom stereocenters. The van der Waals surface area contributed by atoms with Crippen molar-refractivity contribution in [1.82, 2.24) is 4.98 Å². The minimum absolute atomic E-state index is 0.158. The van der Waals surface area contributed by atoms with Gasteiger partial charge in [0.25, 0.3) is 0 Å². The van der Waals surface area contributed by atoms with Crippen molar-refractivity contribution in [2.45, 2.75) is 19.1 Å². The number of nitrogens with zero attached hydrogens (tertiary/aromatic N) is 2. The number of carbonyl (C=O) groups excluding carboxylic acids is 1. The lowest BCUT2D eigenvalue weighted by Gasteiger charge is -2.27. The molecule has 25 heavy (non-hydrogen) atoms. The summed E-state index contributed by atoms with van der Waals surface area (Å²) in [6.07, 6.45) is 0.683. The molecule has 2 aromatic rings. The predicted octanol–water partition coefficient (Wildman–Crippen LogP) is 1.56. The van der Waals surface area contributed by atoms with Crippen molar-refractivity contribution >= 4 is 11.8 Å². The Bertz CT molecular complexity index is 670. The molecule has 1 saturated heterocycles. The average molecular weight is 342 g/mol. The van der Waals surface area contributed by atoms with E-state index in [0.717, 1.165) is 30.0 Å². The molecule has 1 N–H and O–H groups in total. The zero-order chi connectivity index (χ0) is 17.5. The summed E-state index contributed by atoms with van der Waals surface area (Å²) in [4.78, 5) is 18.5.